The van der Waals surface area contributed by atoms with Crippen LogP contribution >= 0.6 is 11.6 Å². The van der Waals surface area contributed by atoms with Gasteiger partial charge in [0.2, 0.25) is 0 Å². The highest BCUT2D eigenvalue weighted by Crippen LogP contribution is 2.29. The lowest BCUT2D eigenvalue weighted by Gasteiger charge is -2.15. The van der Waals surface area contributed by atoms with Crippen molar-refractivity contribution < 1.29 is 14.2 Å². The maximum absolute atomic E-state index is 12.4. The molecule has 0 bridgehead atoms. The zero-order valence-electron chi connectivity index (χ0n) is 16.2. The zero-order valence-corrected chi connectivity index (χ0v) is 17.0. The normalized spacial score (nSPS) is 12.2. The molecule has 0 saturated carbocycles. The SMILES string of the molecule is COc1ccc(OCC(C)Oc2nc3c(c(=O)n(C)c(=O)n3C)n2C)c(Cl)c1. The average molecular weight is 409 g/mol. The minimum Gasteiger partial charge on any atom is -0.497 e. The molecule has 150 valence electrons. The number of benzene rings is 1. The Hall–Kier alpha value is -2.94. The molecule has 1 aromatic carbocycles. The number of fused-ring (bicyclic) bond motifs is 1. The van der Waals surface area contributed by atoms with Crippen LogP contribution in [0.5, 0.6) is 17.5 Å². The predicted octanol–water partition coefficient (Wildman–Crippen LogP) is 1.48. The third kappa shape index (κ3) is 3.45. The molecular weight excluding hydrogens is 388 g/mol. The monoisotopic (exact) mass is 408 g/mol. The highest BCUT2D eigenvalue weighted by atomic mass is 35.5. The Kier molecular flexibility index (Phi) is 5.37. The molecule has 3 aromatic rings. The first-order valence-corrected chi connectivity index (χ1v) is 8.87. The third-order valence-corrected chi connectivity index (χ3v) is 4.65. The van der Waals surface area contributed by atoms with Crippen LogP contribution in [0.25, 0.3) is 11.2 Å². The number of hydrogen-bond acceptors (Lipinski definition) is 6. The van der Waals surface area contributed by atoms with E-state index in [-0.39, 0.29) is 23.8 Å². The van der Waals surface area contributed by atoms with E-state index < -0.39 is 17.4 Å². The van der Waals surface area contributed by atoms with E-state index in [2.05, 4.69) is 4.98 Å². The molecule has 10 heteroatoms. The van der Waals surface area contributed by atoms with Gasteiger partial charge in [-0.1, -0.05) is 11.6 Å². The minimum atomic E-state index is -0.451. The standard InChI is InChI=1S/C18H21ClN4O5/c1-10(9-27-13-7-6-11(26-5)8-12(13)19)28-17-20-15-14(21(17)2)16(24)23(4)18(25)22(15)3/h6-8,10H,9H2,1-5H3. The summed E-state index contributed by atoms with van der Waals surface area (Å²) in [6.45, 7) is 2.00. The quantitative estimate of drug-likeness (QED) is 0.613. The molecule has 0 saturated heterocycles. The summed E-state index contributed by atoms with van der Waals surface area (Å²) in [6, 6.07) is 5.33. The van der Waals surface area contributed by atoms with Crippen LogP contribution in [0.2, 0.25) is 5.02 Å². The lowest BCUT2D eigenvalue weighted by atomic mass is 10.3. The first-order valence-electron chi connectivity index (χ1n) is 8.50. The molecule has 0 radical (unpaired) electrons. The van der Waals surface area contributed by atoms with Gasteiger partial charge in [-0.25, -0.2) is 4.79 Å². The molecular formula is C18H21ClN4O5. The van der Waals surface area contributed by atoms with Crippen molar-refractivity contribution in [2.24, 2.45) is 21.1 Å². The molecule has 2 aromatic heterocycles. The molecule has 1 atom stereocenters. The molecule has 28 heavy (non-hydrogen) atoms. The molecule has 1 unspecified atom stereocenters. The first kappa shape index (κ1) is 19.8. The highest BCUT2D eigenvalue weighted by Gasteiger charge is 2.19. The number of halogens is 1. The number of rotatable bonds is 6. The van der Waals surface area contributed by atoms with E-state index in [0.29, 0.717) is 16.5 Å². The van der Waals surface area contributed by atoms with Gasteiger partial charge in [-0.05, 0) is 19.1 Å². The first-order chi connectivity index (χ1) is 13.2. The summed E-state index contributed by atoms with van der Waals surface area (Å²) < 4.78 is 20.5. The molecule has 2 heterocycles. The van der Waals surface area contributed by atoms with E-state index in [9.17, 15) is 9.59 Å². The van der Waals surface area contributed by atoms with Crippen molar-refractivity contribution in [1.82, 2.24) is 18.7 Å². The Balaban J connectivity index is 1.80. The van der Waals surface area contributed by atoms with Crippen LogP contribution in [0, 0.1) is 0 Å². The molecule has 3 rings (SSSR count). The van der Waals surface area contributed by atoms with E-state index >= 15 is 0 Å². The predicted molar refractivity (Wildman–Crippen MR) is 105 cm³/mol. The number of aryl methyl sites for hydroxylation is 2. The second kappa shape index (κ2) is 7.59. The summed E-state index contributed by atoms with van der Waals surface area (Å²) >= 11 is 6.16. The van der Waals surface area contributed by atoms with E-state index in [4.69, 9.17) is 25.8 Å². The van der Waals surface area contributed by atoms with Gasteiger partial charge in [-0.2, -0.15) is 4.98 Å². The topological polar surface area (TPSA) is 89.5 Å². The van der Waals surface area contributed by atoms with Crippen LogP contribution < -0.4 is 25.5 Å². The van der Waals surface area contributed by atoms with Gasteiger partial charge < -0.3 is 14.2 Å². The van der Waals surface area contributed by atoms with Crippen molar-refractivity contribution in [1.29, 1.82) is 0 Å². The maximum atomic E-state index is 12.4. The van der Waals surface area contributed by atoms with Gasteiger partial charge in [0.25, 0.3) is 11.6 Å². The summed E-state index contributed by atoms with van der Waals surface area (Å²) in [5, 5.41) is 0.424. The van der Waals surface area contributed by atoms with E-state index in [1.165, 1.54) is 16.2 Å². The number of methoxy groups -OCH3 is 1. The maximum Gasteiger partial charge on any atom is 0.332 e. The van der Waals surface area contributed by atoms with Gasteiger partial charge in [0.05, 0.1) is 12.1 Å². The lowest BCUT2D eigenvalue weighted by molar-refractivity contribution is 0.130. The number of imidazole rings is 1. The summed E-state index contributed by atoms with van der Waals surface area (Å²) in [4.78, 5) is 28.8. The lowest BCUT2D eigenvalue weighted by Crippen LogP contribution is -2.37. The van der Waals surface area contributed by atoms with Crippen LogP contribution in [0.4, 0.5) is 0 Å². The van der Waals surface area contributed by atoms with Gasteiger partial charge in [-0.15, -0.1) is 0 Å². The summed E-state index contributed by atoms with van der Waals surface area (Å²) in [5.74, 6) is 1.13. The fourth-order valence-electron chi connectivity index (χ4n) is 2.75. The van der Waals surface area contributed by atoms with E-state index in [1.807, 2.05) is 0 Å². The van der Waals surface area contributed by atoms with Crippen molar-refractivity contribution in [3.63, 3.8) is 0 Å². The molecule has 0 spiro atoms. The van der Waals surface area contributed by atoms with Crippen LogP contribution in [0.15, 0.2) is 27.8 Å². The zero-order chi connectivity index (χ0) is 20.6. The third-order valence-electron chi connectivity index (χ3n) is 4.35. The largest absolute Gasteiger partial charge is 0.497 e. The molecule has 9 nitrogen and oxygen atoms in total. The van der Waals surface area contributed by atoms with Crippen LogP contribution in [-0.4, -0.2) is 38.5 Å². The average Bonchev–Trinajstić information content (AvgIpc) is 3.00. The molecule has 0 fully saturated rings. The Labute approximate surface area is 165 Å². The Morgan fingerprint density at radius 2 is 1.86 bits per heavy atom. The molecule has 0 amide bonds. The minimum absolute atomic E-state index is 0.201. The number of nitrogens with zero attached hydrogens (tertiary/aromatic N) is 4. The van der Waals surface area contributed by atoms with E-state index in [1.54, 1.807) is 46.3 Å². The summed E-state index contributed by atoms with van der Waals surface area (Å²) in [7, 11) is 6.19. The molecule has 0 aliphatic heterocycles. The number of ether oxygens (including phenoxy) is 3. The summed E-state index contributed by atoms with van der Waals surface area (Å²) in [5.41, 5.74) is -0.340. The van der Waals surface area contributed by atoms with Gasteiger partial charge in [0, 0.05) is 27.2 Å². The van der Waals surface area contributed by atoms with Crippen LogP contribution in [0.3, 0.4) is 0 Å². The smallest absolute Gasteiger partial charge is 0.332 e. The van der Waals surface area contributed by atoms with Crippen molar-refractivity contribution in [3.05, 3.63) is 44.1 Å². The molecule has 0 N–H and O–H groups in total. The number of hydrogen-bond donors (Lipinski definition) is 0. The van der Waals surface area contributed by atoms with E-state index in [0.717, 1.165) is 4.57 Å². The van der Waals surface area contributed by atoms with Crippen molar-refractivity contribution >= 4 is 22.8 Å². The van der Waals surface area contributed by atoms with Crippen LogP contribution in [0.1, 0.15) is 6.92 Å². The Morgan fingerprint density at radius 3 is 2.50 bits per heavy atom. The summed E-state index contributed by atoms with van der Waals surface area (Å²) in [6.07, 6.45) is -0.394. The second-order valence-electron chi connectivity index (χ2n) is 6.37. The van der Waals surface area contributed by atoms with Gasteiger partial charge in [-0.3, -0.25) is 18.5 Å². The second-order valence-corrected chi connectivity index (χ2v) is 6.77. The molecule has 0 aliphatic carbocycles. The van der Waals surface area contributed by atoms with Gasteiger partial charge in [0.1, 0.15) is 24.2 Å². The van der Waals surface area contributed by atoms with Crippen molar-refractivity contribution in [2.75, 3.05) is 13.7 Å². The number of aromatic nitrogens is 4. The fourth-order valence-corrected chi connectivity index (χ4v) is 2.98. The van der Waals surface area contributed by atoms with Crippen molar-refractivity contribution in [2.45, 2.75) is 13.0 Å². The Bertz CT molecular complexity index is 1150. The van der Waals surface area contributed by atoms with Crippen LogP contribution in [-0.2, 0) is 21.1 Å². The van der Waals surface area contributed by atoms with Gasteiger partial charge >= 0.3 is 5.69 Å². The van der Waals surface area contributed by atoms with Gasteiger partial charge in [0.15, 0.2) is 11.2 Å². The van der Waals surface area contributed by atoms with Crippen molar-refractivity contribution in [3.8, 4) is 17.5 Å². The fraction of sp³-hybridized carbons (Fsp3) is 0.389. The Morgan fingerprint density at radius 1 is 1.14 bits per heavy atom. The highest BCUT2D eigenvalue weighted by molar-refractivity contribution is 6.32. The molecule has 0 aliphatic rings.